The van der Waals surface area contributed by atoms with Crippen LogP contribution in [0.3, 0.4) is 0 Å². The molecule has 0 saturated heterocycles. The number of hydrogen-bond donors (Lipinski definition) is 2. The van der Waals surface area contributed by atoms with Crippen molar-refractivity contribution in [2.45, 2.75) is 6.54 Å². The van der Waals surface area contributed by atoms with Gasteiger partial charge in [-0.05, 0) is 6.07 Å². The molecule has 1 aromatic heterocycles. The molecule has 0 aliphatic rings. The van der Waals surface area contributed by atoms with Gasteiger partial charge < -0.3 is 11.1 Å². The molecule has 1 amide bonds. The van der Waals surface area contributed by atoms with Crippen LogP contribution in [0.2, 0.25) is 0 Å². The highest BCUT2D eigenvalue weighted by molar-refractivity contribution is 7.89. The average Bonchev–Trinajstić information content (AvgIpc) is 2.73. The molecule has 6 nitrogen and oxygen atoms in total. The van der Waals surface area contributed by atoms with Gasteiger partial charge in [-0.15, -0.1) is 11.3 Å². The van der Waals surface area contributed by atoms with E-state index in [-0.39, 0.29) is 5.75 Å². The molecule has 0 atom stereocenters. The molecule has 0 fully saturated rings. The molecule has 1 heterocycles. The second kappa shape index (κ2) is 6.28. The van der Waals surface area contributed by atoms with Gasteiger partial charge in [0.05, 0.1) is 11.3 Å². The molecule has 0 aliphatic carbocycles. The van der Waals surface area contributed by atoms with Crippen LogP contribution in [0.1, 0.15) is 15.2 Å². The first-order chi connectivity index (χ1) is 8.33. The summed E-state index contributed by atoms with van der Waals surface area (Å²) in [6, 6.07) is 1.71. The van der Waals surface area contributed by atoms with Crippen LogP contribution in [-0.4, -0.2) is 45.0 Å². The van der Waals surface area contributed by atoms with Crippen LogP contribution in [0, 0.1) is 0 Å². The molecule has 0 spiro atoms. The highest BCUT2D eigenvalue weighted by Gasteiger charge is 2.12. The molecule has 8 heteroatoms. The van der Waals surface area contributed by atoms with Crippen LogP contribution in [0.4, 0.5) is 0 Å². The van der Waals surface area contributed by atoms with E-state index in [1.165, 1.54) is 29.7 Å². The molecule has 0 radical (unpaired) electrons. The predicted octanol–water partition coefficient (Wildman–Crippen LogP) is -0.172. The zero-order valence-electron chi connectivity index (χ0n) is 10.3. The smallest absolute Gasteiger partial charge is 0.249 e. The van der Waals surface area contributed by atoms with E-state index in [2.05, 4.69) is 5.32 Å². The van der Waals surface area contributed by atoms with E-state index >= 15 is 0 Å². The largest absolute Gasteiger partial charge is 0.366 e. The van der Waals surface area contributed by atoms with Crippen molar-refractivity contribution >= 4 is 27.3 Å². The number of primary amides is 1. The summed E-state index contributed by atoms with van der Waals surface area (Å²) in [5.74, 6) is -0.402. The minimum Gasteiger partial charge on any atom is -0.366 e. The van der Waals surface area contributed by atoms with Crippen molar-refractivity contribution in [3.8, 4) is 0 Å². The van der Waals surface area contributed by atoms with Crippen molar-refractivity contribution in [1.82, 2.24) is 9.62 Å². The Hall–Kier alpha value is -0.960. The van der Waals surface area contributed by atoms with Crippen LogP contribution in [0.25, 0.3) is 0 Å². The van der Waals surface area contributed by atoms with Crippen molar-refractivity contribution in [3.63, 3.8) is 0 Å². The number of carbonyl (C=O) groups is 1. The molecular weight excluding hydrogens is 274 g/mol. The molecule has 1 rings (SSSR count). The predicted molar refractivity (Wildman–Crippen MR) is 72.0 cm³/mol. The van der Waals surface area contributed by atoms with E-state index in [0.29, 0.717) is 18.7 Å². The second-order valence-electron chi connectivity index (χ2n) is 3.94. The fourth-order valence-corrected chi connectivity index (χ4v) is 2.81. The molecule has 0 aromatic carbocycles. The van der Waals surface area contributed by atoms with Crippen molar-refractivity contribution in [1.29, 1.82) is 0 Å². The number of amides is 1. The zero-order chi connectivity index (χ0) is 13.8. The third-order valence-electron chi connectivity index (χ3n) is 2.33. The van der Waals surface area contributed by atoms with Gasteiger partial charge in [0.15, 0.2) is 0 Å². The molecule has 3 N–H and O–H groups in total. The lowest BCUT2D eigenvalue weighted by molar-refractivity contribution is 0.100. The molecule has 0 unspecified atom stereocenters. The summed E-state index contributed by atoms with van der Waals surface area (Å²) in [4.78, 5) is 11.8. The Balaban J connectivity index is 2.36. The van der Waals surface area contributed by atoms with E-state index in [1.807, 2.05) is 0 Å². The first-order valence-electron chi connectivity index (χ1n) is 5.31. The fraction of sp³-hybridized carbons (Fsp3) is 0.500. The monoisotopic (exact) mass is 291 g/mol. The summed E-state index contributed by atoms with van der Waals surface area (Å²) in [5.41, 5.74) is 5.62. The van der Waals surface area contributed by atoms with Gasteiger partial charge in [-0.25, -0.2) is 12.7 Å². The van der Waals surface area contributed by atoms with Gasteiger partial charge >= 0.3 is 0 Å². The van der Waals surface area contributed by atoms with E-state index < -0.39 is 15.9 Å². The highest BCUT2D eigenvalue weighted by Crippen LogP contribution is 2.13. The number of sulfonamides is 1. The van der Waals surface area contributed by atoms with Crippen LogP contribution in [0.5, 0.6) is 0 Å². The SMILES string of the molecule is CN(C)S(=O)(=O)CCNCc1cc(C(N)=O)cs1. The number of nitrogens with zero attached hydrogens (tertiary/aromatic N) is 1. The Morgan fingerprint density at radius 3 is 2.67 bits per heavy atom. The molecular formula is C10H17N3O3S2. The Morgan fingerprint density at radius 1 is 1.50 bits per heavy atom. The summed E-state index contributed by atoms with van der Waals surface area (Å²) in [6.07, 6.45) is 0. The second-order valence-corrected chi connectivity index (χ2v) is 7.24. The lowest BCUT2D eigenvalue weighted by Crippen LogP contribution is -2.30. The molecule has 18 heavy (non-hydrogen) atoms. The first kappa shape index (κ1) is 15.1. The Kier molecular flexibility index (Phi) is 5.27. The van der Waals surface area contributed by atoms with E-state index in [1.54, 1.807) is 11.4 Å². The van der Waals surface area contributed by atoms with Crippen molar-refractivity contribution in [3.05, 3.63) is 21.9 Å². The van der Waals surface area contributed by atoms with Gasteiger partial charge in [-0.1, -0.05) is 0 Å². The summed E-state index contributed by atoms with van der Waals surface area (Å²) in [6.45, 7) is 0.894. The van der Waals surface area contributed by atoms with Crippen LogP contribution in [-0.2, 0) is 16.6 Å². The third kappa shape index (κ3) is 4.37. The van der Waals surface area contributed by atoms with Gasteiger partial charge in [0.1, 0.15) is 0 Å². The molecule has 0 bridgehead atoms. The minimum absolute atomic E-state index is 0.0497. The number of nitrogens with one attached hydrogen (secondary N) is 1. The standard InChI is InChI=1S/C10H17N3O3S2/c1-13(2)18(15,16)4-3-12-6-9-5-8(7-17-9)10(11)14/h5,7,12H,3-4,6H2,1-2H3,(H2,11,14). The molecule has 1 aromatic rings. The lowest BCUT2D eigenvalue weighted by Gasteiger charge is -2.11. The Morgan fingerprint density at radius 2 is 2.17 bits per heavy atom. The zero-order valence-corrected chi connectivity index (χ0v) is 12.0. The normalized spacial score (nSPS) is 11.9. The maximum Gasteiger partial charge on any atom is 0.249 e. The van der Waals surface area contributed by atoms with E-state index in [9.17, 15) is 13.2 Å². The summed E-state index contributed by atoms with van der Waals surface area (Å²) in [5, 5.41) is 4.71. The van der Waals surface area contributed by atoms with Crippen LogP contribution in [0.15, 0.2) is 11.4 Å². The summed E-state index contributed by atoms with van der Waals surface area (Å²) >= 11 is 1.42. The average molecular weight is 291 g/mol. The summed E-state index contributed by atoms with van der Waals surface area (Å²) in [7, 11) is -0.145. The van der Waals surface area contributed by atoms with Gasteiger partial charge in [0.25, 0.3) is 0 Å². The molecule has 0 saturated carbocycles. The first-order valence-corrected chi connectivity index (χ1v) is 7.80. The quantitative estimate of drug-likeness (QED) is 0.682. The molecule has 0 aliphatic heterocycles. The number of nitrogens with two attached hydrogens (primary N) is 1. The van der Waals surface area contributed by atoms with E-state index in [0.717, 1.165) is 4.88 Å². The van der Waals surface area contributed by atoms with Crippen molar-refractivity contribution in [2.75, 3.05) is 26.4 Å². The fourth-order valence-electron chi connectivity index (χ4n) is 1.20. The van der Waals surface area contributed by atoms with Crippen molar-refractivity contribution in [2.24, 2.45) is 5.73 Å². The lowest BCUT2D eigenvalue weighted by atomic mass is 10.3. The van der Waals surface area contributed by atoms with Gasteiger partial charge in [-0.3, -0.25) is 4.79 Å². The van der Waals surface area contributed by atoms with Crippen LogP contribution < -0.4 is 11.1 Å². The Bertz CT molecular complexity index is 508. The maximum atomic E-state index is 11.5. The van der Waals surface area contributed by atoms with Gasteiger partial charge in [0.2, 0.25) is 15.9 Å². The van der Waals surface area contributed by atoms with E-state index in [4.69, 9.17) is 5.73 Å². The number of thiophene rings is 1. The van der Waals surface area contributed by atoms with Crippen LogP contribution >= 0.6 is 11.3 Å². The molecule has 102 valence electrons. The minimum atomic E-state index is -3.16. The summed E-state index contributed by atoms with van der Waals surface area (Å²) < 4.78 is 24.1. The van der Waals surface area contributed by atoms with Crippen molar-refractivity contribution < 1.29 is 13.2 Å². The number of rotatable bonds is 7. The maximum absolute atomic E-state index is 11.5. The third-order valence-corrected chi connectivity index (χ3v) is 5.10. The highest BCUT2D eigenvalue weighted by atomic mass is 32.2. The number of carbonyl (C=O) groups excluding carboxylic acids is 1. The van der Waals surface area contributed by atoms with Gasteiger partial charge in [-0.2, -0.15) is 0 Å². The topological polar surface area (TPSA) is 92.5 Å². The van der Waals surface area contributed by atoms with Gasteiger partial charge in [0, 0.05) is 37.4 Å². The number of hydrogen-bond acceptors (Lipinski definition) is 5. The Labute approximate surface area is 111 Å².